The van der Waals surface area contributed by atoms with E-state index >= 15 is 0 Å². The van der Waals surface area contributed by atoms with Gasteiger partial charge in [0.2, 0.25) is 0 Å². The van der Waals surface area contributed by atoms with E-state index in [0.29, 0.717) is 22.4 Å². The smallest absolute Gasteiger partial charge is 0.280 e. The first-order valence-corrected chi connectivity index (χ1v) is 6.60. The lowest BCUT2D eigenvalue weighted by Crippen LogP contribution is -1.92. The standard InChI is InChI=1S/C10H9N2O3.C6H6FN/c1-14-8-3-6-7(4-9(8)15-2)11-5-12-10(6)13;7-5-3-1-2-4-6(5)8/h3-5H,1-2H3;1-4H,8H2. The maximum Gasteiger partial charge on any atom is 0.280 e. The molecule has 0 bridgehead atoms. The molecule has 7 heteroatoms. The molecule has 119 valence electrons. The van der Waals surface area contributed by atoms with Crippen LogP contribution in [0.5, 0.6) is 17.4 Å². The molecule has 0 atom stereocenters. The Balaban J connectivity index is 0.000000203. The van der Waals surface area contributed by atoms with Gasteiger partial charge in [0.05, 0.1) is 30.8 Å². The van der Waals surface area contributed by atoms with Crippen LogP contribution in [0.2, 0.25) is 0 Å². The SMILES string of the molecule is COc1cc2ncnc([O])c2cc1OC.Nc1ccccc1F. The molecule has 6 nitrogen and oxygen atoms in total. The third-order valence-corrected chi connectivity index (χ3v) is 3.01. The van der Waals surface area contributed by atoms with Gasteiger partial charge in [0.15, 0.2) is 11.5 Å². The number of benzene rings is 2. The summed E-state index contributed by atoms with van der Waals surface area (Å²) in [6.45, 7) is 0. The van der Waals surface area contributed by atoms with Crippen LogP contribution in [0.1, 0.15) is 0 Å². The fourth-order valence-corrected chi connectivity index (χ4v) is 1.83. The molecule has 23 heavy (non-hydrogen) atoms. The van der Waals surface area contributed by atoms with Crippen molar-refractivity contribution in [1.29, 1.82) is 0 Å². The summed E-state index contributed by atoms with van der Waals surface area (Å²) in [6, 6.07) is 9.38. The van der Waals surface area contributed by atoms with Gasteiger partial charge in [-0.2, -0.15) is 4.98 Å². The second kappa shape index (κ2) is 7.26. The maximum absolute atomic E-state index is 12.2. The van der Waals surface area contributed by atoms with Crippen LogP contribution in [0.3, 0.4) is 0 Å². The first kappa shape index (κ1) is 16.3. The molecule has 0 aliphatic heterocycles. The van der Waals surface area contributed by atoms with Gasteiger partial charge in [-0.25, -0.2) is 9.37 Å². The number of nitrogen functional groups attached to an aromatic ring is 1. The molecule has 0 unspecified atom stereocenters. The van der Waals surface area contributed by atoms with Gasteiger partial charge >= 0.3 is 0 Å². The maximum atomic E-state index is 12.2. The third kappa shape index (κ3) is 3.76. The summed E-state index contributed by atoms with van der Waals surface area (Å²) < 4.78 is 22.4. The van der Waals surface area contributed by atoms with Crippen molar-refractivity contribution in [3.8, 4) is 17.4 Å². The number of aromatic nitrogens is 2. The Morgan fingerprint density at radius 1 is 1.04 bits per heavy atom. The lowest BCUT2D eigenvalue weighted by Gasteiger charge is -2.08. The normalized spacial score (nSPS) is 9.87. The number of hydrogen-bond donors (Lipinski definition) is 1. The number of rotatable bonds is 2. The zero-order valence-corrected chi connectivity index (χ0v) is 12.6. The summed E-state index contributed by atoms with van der Waals surface area (Å²) in [5, 5.41) is 11.8. The molecule has 3 rings (SSSR count). The van der Waals surface area contributed by atoms with Crippen LogP contribution in [0.25, 0.3) is 10.9 Å². The average Bonchev–Trinajstić information content (AvgIpc) is 2.57. The van der Waals surface area contributed by atoms with E-state index in [0.717, 1.165) is 0 Å². The molecule has 0 saturated heterocycles. The second-order valence-electron chi connectivity index (χ2n) is 4.42. The Morgan fingerprint density at radius 2 is 1.70 bits per heavy atom. The van der Waals surface area contributed by atoms with Gasteiger partial charge in [-0.1, -0.05) is 12.1 Å². The van der Waals surface area contributed by atoms with Crippen LogP contribution in [0, 0.1) is 5.82 Å². The molecule has 1 radical (unpaired) electrons. The van der Waals surface area contributed by atoms with Crippen molar-refractivity contribution in [2.45, 2.75) is 0 Å². The minimum Gasteiger partial charge on any atom is -0.493 e. The number of nitrogens with zero attached hydrogens (tertiary/aromatic N) is 2. The Morgan fingerprint density at radius 3 is 2.26 bits per heavy atom. The van der Waals surface area contributed by atoms with Crippen molar-refractivity contribution in [2.24, 2.45) is 0 Å². The first-order chi connectivity index (χ1) is 11.1. The van der Waals surface area contributed by atoms with Crippen LogP contribution in [-0.4, -0.2) is 24.2 Å². The Labute approximate surface area is 132 Å². The van der Waals surface area contributed by atoms with Crippen molar-refractivity contribution in [1.82, 2.24) is 9.97 Å². The van der Waals surface area contributed by atoms with Gasteiger partial charge in [-0.3, -0.25) is 5.11 Å². The highest BCUT2D eigenvalue weighted by Crippen LogP contribution is 2.33. The zero-order chi connectivity index (χ0) is 16.8. The van der Waals surface area contributed by atoms with E-state index in [1.54, 1.807) is 24.3 Å². The zero-order valence-electron chi connectivity index (χ0n) is 12.6. The third-order valence-electron chi connectivity index (χ3n) is 3.01. The first-order valence-electron chi connectivity index (χ1n) is 6.60. The van der Waals surface area contributed by atoms with E-state index in [9.17, 15) is 9.50 Å². The van der Waals surface area contributed by atoms with E-state index in [4.69, 9.17) is 15.2 Å². The molecule has 0 spiro atoms. The monoisotopic (exact) mass is 316 g/mol. The molecule has 0 amide bonds. The van der Waals surface area contributed by atoms with Crippen LogP contribution >= 0.6 is 0 Å². The Hall–Kier alpha value is -3.09. The fourth-order valence-electron chi connectivity index (χ4n) is 1.83. The van der Waals surface area contributed by atoms with E-state index in [2.05, 4.69) is 9.97 Å². The number of methoxy groups -OCH3 is 2. The topological polar surface area (TPSA) is 90.2 Å². The van der Waals surface area contributed by atoms with Crippen LogP contribution in [0.15, 0.2) is 42.7 Å². The minimum absolute atomic E-state index is 0.201. The molecular formula is C16H15FN3O3. The summed E-state index contributed by atoms with van der Waals surface area (Å²) in [6.07, 6.45) is 1.23. The fraction of sp³-hybridized carbons (Fsp3) is 0.125. The largest absolute Gasteiger partial charge is 0.493 e. The molecule has 0 fully saturated rings. The van der Waals surface area contributed by atoms with Crippen molar-refractivity contribution in [2.75, 3.05) is 20.0 Å². The number of halogens is 1. The molecule has 3 aromatic rings. The Bertz CT molecular complexity index is 791. The van der Waals surface area contributed by atoms with E-state index < -0.39 is 0 Å². The van der Waals surface area contributed by atoms with E-state index in [-0.39, 0.29) is 17.4 Å². The van der Waals surface area contributed by atoms with E-state index in [1.165, 1.54) is 32.7 Å². The van der Waals surface area contributed by atoms with Crippen molar-refractivity contribution in [3.63, 3.8) is 0 Å². The highest BCUT2D eigenvalue weighted by molar-refractivity contribution is 5.86. The molecule has 0 aliphatic rings. The summed E-state index contributed by atoms with van der Waals surface area (Å²) in [5.74, 6) is 0.369. The number of anilines is 1. The second-order valence-corrected chi connectivity index (χ2v) is 4.42. The highest BCUT2D eigenvalue weighted by atomic mass is 19.1. The molecule has 0 aliphatic carbocycles. The van der Waals surface area contributed by atoms with Gasteiger partial charge in [-0.05, 0) is 18.2 Å². The number of fused-ring (bicyclic) bond motifs is 1. The number of para-hydroxylation sites is 1. The number of nitrogens with two attached hydrogens (primary N) is 1. The lowest BCUT2D eigenvalue weighted by molar-refractivity contribution is 0.340. The predicted molar refractivity (Wildman–Crippen MR) is 83.6 cm³/mol. The minimum atomic E-state index is -0.354. The molecule has 0 saturated carbocycles. The van der Waals surface area contributed by atoms with Gasteiger partial charge in [0.25, 0.3) is 5.88 Å². The van der Waals surface area contributed by atoms with Gasteiger partial charge in [-0.15, -0.1) is 0 Å². The highest BCUT2D eigenvalue weighted by Gasteiger charge is 2.10. The lowest BCUT2D eigenvalue weighted by atomic mass is 10.2. The van der Waals surface area contributed by atoms with Crippen LogP contribution < -0.4 is 15.2 Å². The molecular weight excluding hydrogens is 301 g/mol. The van der Waals surface area contributed by atoms with Gasteiger partial charge < -0.3 is 15.2 Å². The molecule has 1 heterocycles. The predicted octanol–water partition coefficient (Wildman–Crippen LogP) is 3.20. The molecule has 2 N–H and O–H groups in total. The summed E-state index contributed by atoms with van der Waals surface area (Å²) in [7, 11) is 3.04. The average molecular weight is 316 g/mol. The van der Waals surface area contributed by atoms with Crippen molar-refractivity contribution < 1.29 is 19.0 Å². The van der Waals surface area contributed by atoms with Crippen LogP contribution in [-0.2, 0) is 5.11 Å². The van der Waals surface area contributed by atoms with Crippen molar-refractivity contribution in [3.05, 3.63) is 48.5 Å². The van der Waals surface area contributed by atoms with Gasteiger partial charge in [0.1, 0.15) is 12.1 Å². The summed E-state index contributed by atoms with van der Waals surface area (Å²) >= 11 is 0. The number of ether oxygens (including phenoxy) is 2. The Kier molecular flexibility index (Phi) is 5.14. The summed E-state index contributed by atoms with van der Waals surface area (Å²) in [4.78, 5) is 7.55. The summed E-state index contributed by atoms with van der Waals surface area (Å²) in [5.41, 5.74) is 5.89. The quantitative estimate of drug-likeness (QED) is 0.733. The molecule has 2 aromatic carbocycles. The van der Waals surface area contributed by atoms with Crippen molar-refractivity contribution >= 4 is 16.6 Å². The number of hydrogen-bond acceptors (Lipinski definition) is 5. The van der Waals surface area contributed by atoms with E-state index in [1.807, 2.05) is 0 Å². The van der Waals surface area contributed by atoms with Gasteiger partial charge in [0, 0.05) is 6.07 Å². The molecule has 1 aromatic heterocycles. The van der Waals surface area contributed by atoms with Crippen LogP contribution in [0.4, 0.5) is 10.1 Å².